The highest BCUT2D eigenvalue weighted by molar-refractivity contribution is 14.0. The summed E-state index contributed by atoms with van der Waals surface area (Å²) in [6.07, 6.45) is 11.6. The van der Waals surface area contributed by atoms with Gasteiger partial charge >= 0.3 is 0 Å². The van der Waals surface area contributed by atoms with Crippen LogP contribution in [0.1, 0.15) is 50.5 Å². The Morgan fingerprint density at radius 3 is 2.62 bits per heavy atom. The number of aliphatic imine (C=N–C) groups is 1. The molecule has 2 N–H and O–H groups in total. The van der Waals surface area contributed by atoms with Gasteiger partial charge in [-0.3, -0.25) is 4.99 Å². The number of likely N-dealkylation sites (N-methyl/N-ethyl adjacent to an activating group) is 1. The molecule has 6 nitrogen and oxygen atoms in total. The Kier molecular flexibility index (Phi) is 11.1. The summed E-state index contributed by atoms with van der Waals surface area (Å²) in [5, 5.41) is 6.96. The molecule has 164 valence electrons. The van der Waals surface area contributed by atoms with Crippen molar-refractivity contribution in [2.75, 3.05) is 51.7 Å². The molecule has 1 aromatic heterocycles. The second kappa shape index (κ2) is 13.3. The topological polar surface area (TPSA) is 55.8 Å². The predicted octanol–water partition coefficient (Wildman–Crippen LogP) is 3.48. The first-order valence-corrected chi connectivity index (χ1v) is 11.1. The fourth-order valence-corrected chi connectivity index (χ4v) is 4.34. The lowest BCUT2D eigenvalue weighted by Gasteiger charge is -2.34. The van der Waals surface area contributed by atoms with Gasteiger partial charge in [-0.1, -0.05) is 38.2 Å². The molecular formula is C22H39IN6. The molecule has 29 heavy (non-hydrogen) atoms. The molecule has 1 saturated heterocycles. The van der Waals surface area contributed by atoms with Gasteiger partial charge in [0.2, 0.25) is 0 Å². The molecule has 0 atom stereocenters. The van der Waals surface area contributed by atoms with Crippen LogP contribution in [-0.4, -0.2) is 62.7 Å². The van der Waals surface area contributed by atoms with Gasteiger partial charge in [-0.15, -0.1) is 24.0 Å². The number of pyridine rings is 1. The van der Waals surface area contributed by atoms with Crippen molar-refractivity contribution in [1.29, 1.82) is 0 Å². The van der Waals surface area contributed by atoms with Crippen molar-refractivity contribution in [2.24, 2.45) is 10.9 Å². The minimum atomic E-state index is 0. The van der Waals surface area contributed by atoms with Crippen LogP contribution in [0.5, 0.6) is 0 Å². The molecule has 3 rings (SSSR count). The molecule has 0 spiro atoms. The van der Waals surface area contributed by atoms with Gasteiger partial charge in [-0.05, 0) is 31.9 Å². The zero-order valence-corrected chi connectivity index (χ0v) is 20.5. The van der Waals surface area contributed by atoms with E-state index in [0.29, 0.717) is 0 Å². The van der Waals surface area contributed by atoms with Crippen molar-refractivity contribution < 1.29 is 0 Å². The summed E-state index contributed by atoms with van der Waals surface area (Å²) >= 11 is 0. The van der Waals surface area contributed by atoms with E-state index >= 15 is 0 Å². The highest BCUT2D eigenvalue weighted by Crippen LogP contribution is 2.27. The second-order valence-electron chi connectivity index (χ2n) is 8.28. The van der Waals surface area contributed by atoms with Gasteiger partial charge in [0.05, 0.1) is 0 Å². The minimum Gasteiger partial charge on any atom is -0.356 e. The fraction of sp³-hybridized carbons (Fsp3) is 0.727. The van der Waals surface area contributed by atoms with Gasteiger partial charge < -0.3 is 20.4 Å². The quantitative estimate of drug-likeness (QED) is 0.253. The fourth-order valence-electron chi connectivity index (χ4n) is 4.34. The minimum absolute atomic E-state index is 0. The number of anilines is 1. The maximum absolute atomic E-state index is 4.67. The van der Waals surface area contributed by atoms with Crippen LogP contribution in [0.25, 0.3) is 0 Å². The third kappa shape index (κ3) is 7.92. The summed E-state index contributed by atoms with van der Waals surface area (Å²) in [4.78, 5) is 13.8. The van der Waals surface area contributed by atoms with Gasteiger partial charge in [0.15, 0.2) is 5.96 Å². The summed E-state index contributed by atoms with van der Waals surface area (Å²) in [5.41, 5.74) is 1.23. The number of nitrogens with one attached hydrogen (secondary N) is 2. The Hall–Kier alpha value is -1.09. The van der Waals surface area contributed by atoms with E-state index in [4.69, 9.17) is 0 Å². The summed E-state index contributed by atoms with van der Waals surface area (Å²) in [6.45, 7) is 6.00. The summed E-state index contributed by atoms with van der Waals surface area (Å²) in [5.74, 6) is 2.94. The van der Waals surface area contributed by atoms with Crippen LogP contribution in [-0.2, 0) is 6.54 Å². The van der Waals surface area contributed by atoms with Gasteiger partial charge in [-0.25, -0.2) is 4.98 Å². The lowest BCUT2D eigenvalue weighted by Crippen LogP contribution is -2.45. The molecule has 0 amide bonds. The molecule has 0 radical (unpaired) electrons. The van der Waals surface area contributed by atoms with Gasteiger partial charge in [0, 0.05) is 58.1 Å². The van der Waals surface area contributed by atoms with E-state index < -0.39 is 0 Å². The van der Waals surface area contributed by atoms with E-state index in [1.165, 1.54) is 50.5 Å². The van der Waals surface area contributed by atoms with E-state index in [2.05, 4.69) is 43.5 Å². The molecule has 2 heterocycles. The second-order valence-corrected chi connectivity index (χ2v) is 8.28. The number of hydrogen-bond acceptors (Lipinski definition) is 4. The molecule has 2 aliphatic rings. The number of piperazine rings is 1. The number of halogens is 1. The number of nitrogens with zero attached hydrogens (tertiary/aromatic N) is 4. The van der Waals surface area contributed by atoms with E-state index in [-0.39, 0.29) is 24.0 Å². The normalized spacial score (nSPS) is 19.0. The molecule has 0 bridgehead atoms. The highest BCUT2D eigenvalue weighted by atomic mass is 127. The largest absolute Gasteiger partial charge is 0.356 e. The van der Waals surface area contributed by atoms with Gasteiger partial charge in [-0.2, -0.15) is 0 Å². The van der Waals surface area contributed by atoms with Crippen molar-refractivity contribution in [3.8, 4) is 0 Å². The highest BCUT2D eigenvalue weighted by Gasteiger charge is 2.18. The number of hydrogen-bond donors (Lipinski definition) is 2. The monoisotopic (exact) mass is 514 g/mol. The van der Waals surface area contributed by atoms with E-state index in [1.54, 1.807) is 0 Å². The van der Waals surface area contributed by atoms with Crippen molar-refractivity contribution in [3.05, 3.63) is 23.9 Å². The van der Waals surface area contributed by atoms with Crippen LogP contribution >= 0.6 is 24.0 Å². The van der Waals surface area contributed by atoms with E-state index in [9.17, 15) is 0 Å². The number of guanidine groups is 1. The molecule has 2 fully saturated rings. The molecule has 0 aromatic carbocycles. The van der Waals surface area contributed by atoms with Crippen LogP contribution in [0.3, 0.4) is 0 Å². The van der Waals surface area contributed by atoms with Crippen molar-refractivity contribution in [1.82, 2.24) is 20.5 Å². The Morgan fingerprint density at radius 2 is 1.90 bits per heavy atom. The van der Waals surface area contributed by atoms with E-state index in [1.807, 2.05) is 19.3 Å². The lowest BCUT2D eigenvalue weighted by molar-refractivity contribution is 0.312. The van der Waals surface area contributed by atoms with Crippen molar-refractivity contribution in [2.45, 2.75) is 51.5 Å². The summed E-state index contributed by atoms with van der Waals surface area (Å²) in [6, 6.07) is 4.20. The third-order valence-electron chi connectivity index (χ3n) is 6.15. The standard InChI is InChI=1S/C22H38N6.HI/c1-23-22(25-13-6-10-19-8-4-3-5-9-19)26-18-20-11-7-12-24-21(20)28-16-14-27(2)15-17-28;/h7,11-12,19H,3-6,8-10,13-18H2,1-2H3,(H2,23,25,26);1H. The molecular weight excluding hydrogens is 475 g/mol. The maximum Gasteiger partial charge on any atom is 0.191 e. The SMILES string of the molecule is CN=C(NCCCC1CCCCC1)NCc1cccnc1N1CCN(C)CC1.I. The van der Waals surface area contributed by atoms with Gasteiger partial charge in [0.1, 0.15) is 5.82 Å². The lowest BCUT2D eigenvalue weighted by atomic mass is 9.86. The average Bonchev–Trinajstić information content (AvgIpc) is 2.75. The smallest absolute Gasteiger partial charge is 0.191 e. The van der Waals surface area contributed by atoms with Crippen LogP contribution in [0.2, 0.25) is 0 Å². The van der Waals surface area contributed by atoms with Gasteiger partial charge in [0.25, 0.3) is 0 Å². The third-order valence-corrected chi connectivity index (χ3v) is 6.15. The first kappa shape index (κ1) is 24.2. The Morgan fingerprint density at radius 1 is 1.14 bits per heavy atom. The van der Waals surface area contributed by atoms with Crippen LogP contribution in [0, 0.1) is 5.92 Å². The zero-order valence-electron chi connectivity index (χ0n) is 18.2. The first-order chi connectivity index (χ1) is 13.8. The van der Waals surface area contributed by atoms with Crippen LogP contribution in [0.4, 0.5) is 5.82 Å². The predicted molar refractivity (Wildman–Crippen MR) is 133 cm³/mol. The molecule has 0 unspecified atom stereocenters. The maximum atomic E-state index is 4.67. The molecule has 1 saturated carbocycles. The van der Waals surface area contributed by atoms with E-state index in [0.717, 1.165) is 57.0 Å². The van der Waals surface area contributed by atoms with Crippen LogP contribution in [0.15, 0.2) is 23.3 Å². The Bertz CT molecular complexity index is 609. The number of rotatable bonds is 7. The molecule has 1 aliphatic carbocycles. The average molecular weight is 515 g/mol. The Labute approximate surface area is 194 Å². The van der Waals surface area contributed by atoms with Crippen molar-refractivity contribution in [3.63, 3.8) is 0 Å². The molecule has 1 aromatic rings. The summed E-state index contributed by atoms with van der Waals surface area (Å²) < 4.78 is 0. The Balaban J connectivity index is 0.00000300. The van der Waals surface area contributed by atoms with Crippen molar-refractivity contribution >= 4 is 35.8 Å². The summed E-state index contributed by atoms with van der Waals surface area (Å²) in [7, 11) is 4.03. The first-order valence-electron chi connectivity index (χ1n) is 11.1. The zero-order chi connectivity index (χ0) is 19.6. The van der Waals surface area contributed by atoms with Crippen LogP contribution < -0.4 is 15.5 Å². The molecule has 7 heteroatoms. The number of aromatic nitrogens is 1. The molecule has 1 aliphatic heterocycles.